The van der Waals surface area contributed by atoms with Crippen molar-refractivity contribution >= 4 is 17.3 Å². The van der Waals surface area contributed by atoms with Gasteiger partial charge in [0.1, 0.15) is 6.33 Å². The molecule has 4 nitrogen and oxygen atoms in total. The van der Waals surface area contributed by atoms with E-state index in [2.05, 4.69) is 15.1 Å². The van der Waals surface area contributed by atoms with Crippen LogP contribution in [0.5, 0.6) is 0 Å². The molecule has 2 aromatic rings. The molecule has 0 saturated heterocycles. The van der Waals surface area contributed by atoms with E-state index >= 15 is 0 Å². The molecule has 0 radical (unpaired) electrons. The third-order valence-electron chi connectivity index (χ3n) is 2.27. The van der Waals surface area contributed by atoms with E-state index < -0.39 is 0 Å². The smallest absolute Gasteiger partial charge is 0.115 e. The van der Waals surface area contributed by atoms with Crippen LogP contribution in [0.2, 0.25) is 5.02 Å². The number of nitrogens with zero attached hydrogens (tertiary/aromatic N) is 3. The van der Waals surface area contributed by atoms with Gasteiger partial charge in [0, 0.05) is 28.9 Å². The molecule has 1 aromatic heterocycles. The average Bonchev–Trinajstić information content (AvgIpc) is 2.37. The Labute approximate surface area is 104 Å². The molecule has 0 bridgehead atoms. The zero-order chi connectivity index (χ0) is 12.1. The highest BCUT2D eigenvalue weighted by atomic mass is 35.5. The molecular formula is C12H10ClN3O. The Morgan fingerprint density at radius 1 is 1.35 bits per heavy atom. The Bertz CT molecular complexity index is 528. The molecule has 17 heavy (non-hydrogen) atoms. The van der Waals surface area contributed by atoms with Gasteiger partial charge in [-0.15, -0.1) is 0 Å². The van der Waals surface area contributed by atoms with E-state index in [-0.39, 0.29) is 0 Å². The van der Waals surface area contributed by atoms with E-state index in [4.69, 9.17) is 16.8 Å². The predicted octanol–water partition coefficient (Wildman–Crippen LogP) is 2.55. The lowest BCUT2D eigenvalue weighted by Gasteiger charge is -2.04. The van der Waals surface area contributed by atoms with Crippen molar-refractivity contribution in [1.82, 2.24) is 9.97 Å². The standard InChI is InChI=1S/C12H10ClN3O/c13-10-3-1-2-9(6-10)12(16-17)7-11-4-5-14-8-15-11/h1-6,8,17H,7H2. The highest BCUT2D eigenvalue weighted by Crippen LogP contribution is 2.13. The number of halogens is 1. The van der Waals surface area contributed by atoms with Crippen molar-refractivity contribution in [3.05, 3.63) is 59.1 Å². The summed E-state index contributed by atoms with van der Waals surface area (Å²) in [5.74, 6) is 0. The molecule has 0 unspecified atom stereocenters. The minimum Gasteiger partial charge on any atom is -0.411 e. The lowest BCUT2D eigenvalue weighted by atomic mass is 10.1. The molecule has 0 aliphatic heterocycles. The van der Waals surface area contributed by atoms with E-state index in [0.717, 1.165) is 11.3 Å². The molecule has 0 saturated carbocycles. The molecule has 2 rings (SSSR count). The summed E-state index contributed by atoms with van der Waals surface area (Å²) in [5.41, 5.74) is 2.08. The fourth-order valence-electron chi connectivity index (χ4n) is 1.46. The van der Waals surface area contributed by atoms with Crippen molar-refractivity contribution in [2.45, 2.75) is 6.42 Å². The number of hydrogen-bond donors (Lipinski definition) is 1. The summed E-state index contributed by atoms with van der Waals surface area (Å²) >= 11 is 5.89. The van der Waals surface area contributed by atoms with Crippen LogP contribution in [-0.4, -0.2) is 20.9 Å². The molecule has 0 fully saturated rings. The molecule has 1 heterocycles. The van der Waals surface area contributed by atoms with Crippen LogP contribution in [0.25, 0.3) is 0 Å². The van der Waals surface area contributed by atoms with E-state index in [1.165, 1.54) is 6.33 Å². The molecule has 1 N–H and O–H groups in total. The van der Waals surface area contributed by atoms with Gasteiger partial charge in [-0.25, -0.2) is 9.97 Å². The van der Waals surface area contributed by atoms with Crippen molar-refractivity contribution in [1.29, 1.82) is 0 Å². The minimum absolute atomic E-state index is 0.430. The average molecular weight is 248 g/mol. The molecule has 0 amide bonds. The first-order valence-corrected chi connectivity index (χ1v) is 5.39. The first-order chi connectivity index (χ1) is 8.29. The monoisotopic (exact) mass is 247 g/mol. The Morgan fingerprint density at radius 2 is 2.24 bits per heavy atom. The second-order valence-corrected chi connectivity index (χ2v) is 3.87. The number of aromatic nitrogens is 2. The van der Waals surface area contributed by atoms with E-state index in [1.54, 1.807) is 24.4 Å². The molecule has 0 atom stereocenters. The largest absolute Gasteiger partial charge is 0.411 e. The summed E-state index contributed by atoms with van der Waals surface area (Å²) in [6, 6.07) is 8.93. The van der Waals surface area contributed by atoms with Gasteiger partial charge >= 0.3 is 0 Å². The van der Waals surface area contributed by atoms with Gasteiger partial charge in [0.25, 0.3) is 0 Å². The fraction of sp³-hybridized carbons (Fsp3) is 0.0833. The predicted molar refractivity (Wildman–Crippen MR) is 65.5 cm³/mol. The van der Waals surface area contributed by atoms with Crippen LogP contribution in [0.3, 0.4) is 0 Å². The van der Waals surface area contributed by atoms with Crippen molar-refractivity contribution in [2.24, 2.45) is 5.16 Å². The van der Waals surface area contributed by atoms with E-state index in [0.29, 0.717) is 17.2 Å². The number of oxime groups is 1. The van der Waals surface area contributed by atoms with Gasteiger partial charge in [0.15, 0.2) is 0 Å². The Kier molecular flexibility index (Phi) is 3.67. The van der Waals surface area contributed by atoms with Crippen LogP contribution in [0.15, 0.2) is 48.0 Å². The minimum atomic E-state index is 0.430. The second kappa shape index (κ2) is 5.41. The zero-order valence-corrected chi connectivity index (χ0v) is 9.67. The Balaban J connectivity index is 2.24. The fourth-order valence-corrected chi connectivity index (χ4v) is 1.65. The third kappa shape index (κ3) is 3.01. The molecule has 5 heteroatoms. The van der Waals surface area contributed by atoms with Gasteiger partial charge in [-0.3, -0.25) is 0 Å². The first kappa shape index (κ1) is 11.5. The van der Waals surface area contributed by atoms with Gasteiger partial charge < -0.3 is 5.21 Å². The summed E-state index contributed by atoms with van der Waals surface area (Å²) in [6.45, 7) is 0. The summed E-state index contributed by atoms with van der Waals surface area (Å²) in [6.07, 6.45) is 3.54. The second-order valence-electron chi connectivity index (χ2n) is 3.43. The number of hydrogen-bond acceptors (Lipinski definition) is 4. The van der Waals surface area contributed by atoms with Crippen LogP contribution in [0.4, 0.5) is 0 Å². The van der Waals surface area contributed by atoms with Crippen LogP contribution in [0.1, 0.15) is 11.3 Å². The SMILES string of the molecule is ON=C(Cc1ccncn1)c1cccc(Cl)c1. The normalized spacial score (nSPS) is 11.5. The lowest BCUT2D eigenvalue weighted by molar-refractivity contribution is 0.318. The summed E-state index contributed by atoms with van der Waals surface area (Å²) < 4.78 is 0. The van der Waals surface area contributed by atoms with Crippen molar-refractivity contribution in [3.63, 3.8) is 0 Å². The highest BCUT2D eigenvalue weighted by molar-refractivity contribution is 6.31. The maximum absolute atomic E-state index is 9.03. The molecule has 0 aliphatic carbocycles. The van der Waals surface area contributed by atoms with Gasteiger partial charge in [-0.2, -0.15) is 0 Å². The van der Waals surface area contributed by atoms with E-state index in [1.807, 2.05) is 12.1 Å². The Morgan fingerprint density at radius 3 is 2.88 bits per heavy atom. The molecular weight excluding hydrogens is 238 g/mol. The van der Waals surface area contributed by atoms with Crippen LogP contribution in [-0.2, 0) is 6.42 Å². The zero-order valence-electron chi connectivity index (χ0n) is 8.92. The topological polar surface area (TPSA) is 58.4 Å². The summed E-state index contributed by atoms with van der Waals surface area (Å²) in [4.78, 5) is 7.91. The van der Waals surface area contributed by atoms with Crippen molar-refractivity contribution in [3.8, 4) is 0 Å². The van der Waals surface area contributed by atoms with Gasteiger partial charge in [0.05, 0.1) is 5.71 Å². The van der Waals surface area contributed by atoms with Crippen LogP contribution >= 0.6 is 11.6 Å². The van der Waals surface area contributed by atoms with Crippen LogP contribution < -0.4 is 0 Å². The maximum Gasteiger partial charge on any atom is 0.115 e. The molecule has 0 spiro atoms. The number of benzene rings is 1. The van der Waals surface area contributed by atoms with Gasteiger partial charge in [0.2, 0.25) is 0 Å². The maximum atomic E-state index is 9.03. The third-order valence-corrected chi connectivity index (χ3v) is 2.51. The summed E-state index contributed by atoms with van der Waals surface area (Å²) in [5, 5.41) is 12.9. The lowest BCUT2D eigenvalue weighted by Crippen LogP contribution is -2.06. The van der Waals surface area contributed by atoms with Gasteiger partial charge in [-0.1, -0.05) is 28.9 Å². The molecule has 1 aromatic carbocycles. The highest BCUT2D eigenvalue weighted by Gasteiger charge is 2.07. The number of rotatable bonds is 3. The first-order valence-electron chi connectivity index (χ1n) is 5.01. The van der Waals surface area contributed by atoms with Crippen molar-refractivity contribution in [2.75, 3.05) is 0 Å². The molecule has 86 valence electrons. The Hall–Kier alpha value is -1.94. The van der Waals surface area contributed by atoms with E-state index in [9.17, 15) is 0 Å². The van der Waals surface area contributed by atoms with Crippen LogP contribution in [0, 0.1) is 0 Å². The quantitative estimate of drug-likeness (QED) is 0.515. The van der Waals surface area contributed by atoms with Gasteiger partial charge in [-0.05, 0) is 18.2 Å². The summed E-state index contributed by atoms with van der Waals surface area (Å²) in [7, 11) is 0. The van der Waals surface area contributed by atoms with Crippen molar-refractivity contribution < 1.29 is 5.21 Å². The molecule has 0 aliphatic rings.